The third-order valence-electron chi connectivity index (χ3n) is 4.04. The standard InChI is InChI=1S/C16H24N2O2/c1-4-18-10-9-17(11-13(18)2)12-14-5-7-15(8-6-14)16(19)20-3/h5-8,13H,4,9-12H2,1-3H3. The Balaban J connectivity index is 1.92. The van der Waals surface area contributed by atoms with Gasteiger partial charge >= 0.3 is 5.97 Å². The van der Waals surface area contributed by atoms with E-state index in [9.17, 15) is 4.79 Å². The van der Waals surface area contributed by atoms with Crippen LogP contribution in [0.1, 0.15) is 29.8 Å². The van der Waals surface area contributed by atoms with Crippen LogP contribution in [0.25, 0.3) is 0 Å². The van der Waals surface area contributed by atoms with Crippen molar-refractivity contribution in [3.8, 4) is 0 Å². The van der Waals surface area contributed by atoms with Gasteiger partial charge in [0.1, 0.15) is 0 Å². The van der Waals surface area contributed by atoms with Crippen molar-refractivity contribution in [3.63, 3.8) is 0 Å². The van der Waals surface area contributed by atoms with Crippen molar-refractivity contribution < 1.29 is 9.53 Å². The van der Waals surface area contributed by atoms with Gasteiger partial charge in [0.05, 0.1) is 12.7 Å². The first kappa shape index (κ1) is 15.0. The van der Waals surface area contributed by atoms with E-state index in [4.69, 9.17) is 4.74 Å². The third-order valence-corrected chi connectivity index (χ3v) is 4.04. The molecule has 0 aromatic heterocycles. The molecule has 0 saturated carbocycles. The van der Waals surface area contributed by atoms with E-state index >= 15 is 0 Å². The number of carbonyl (C=O) groups is 1. The van der Waals surface area contributed by atoms with Crippen LogP contribution in [0.5, 0.6) is 0 Å². The zero-order valence-electron chi connectivity index (χ0n) is 12.6. The second kappa shape index (κ2) is 6.86. The molecule has 1 aromatic carbocycles. The van der Waals surface area contributed by atoms with E-state index in [1.807, 2.05) is 24.3 Å². The van der Waals surface area contributed by atoms with Crippen molar-refractivity contribution in [3.05, 3.63) is 35.4 Å². The fraction of sp³-hybridized carbons (Fsp3) is 0.562. The quantitative estimate of drug-likeness (QED) is 0.788. The van der Waals surface area contributed by atoms with Gasteiger partial charge in [0.2, 0.25) is 0 Å². The van der Waals surface area contributed by atoms with Gasteiger partial charge in [0.15, 0.2) is 0 Å². The van der Waals surface area contributed by atoms with Crippen molar-refractivity contribution in [2.24, 2.45) is 0 Å². The molecule has 4 heteroatoms. The van der Waals surface area contributed by atoms with Crippen molar-refractivity contribution in [2.45, 2.75) is 26.4 Å². The largest absolute Gasteiger partial charge is 0.465 e. The average molecular weight is 276 g/mol. The minimum atomic E-state index is -0.276. The summed E-state index contributed by atoms with van der Waals surface area (Å²) in [5.74, 6) is -0.276. The predicted octanol–water partition coefficient (Wildman–Crippen LogP) is 2.00. The summed E-state index contributed by atoms with van der Waals surface area (Å²) in [4.78, 5) is 16.4. The number of nitrogens with zero attached hydrogens (tertiary/aromatic N) is 2. The van der Waals surface area contributed by atoms with E-state index in [1.165, 1.54) is 12.7 Å². The van der Waals surface area contributed by atoms with E-state index < -0.39 is 0 Å². The topological polar surface area (TPSA) is 32.8 Å². The summed E-state index contributed by atoms with van der Waals surface area (Å²) in [7, 11) is 1.41. The van der Waals surface area contributed by atoms with Crippen LogP contribution in [0.4, 0.5) is 0 Å². The van der Waals surface area contributed by atoms with Crippen LogP contribution in [0, 0.1) is 0 Å². The van der Waals surface area contributed by atoms with Crippen molar-refractivity contribution in [2.75, 3.05) is 33.3 Å². The van der Waals surface area contributed by atoms with Crippen LogP contribution >= 0.6 is 0 Å². The number of esters is 1. The fourth-order valence-corrected chi connectivity index (χ4v) is 2.81. The Morgan fingerprint density at radius 2 is 2.00 bits per heavy atom. The molecule has 1 aromatic rings. The molecule has 0 spiro atoms. The van der Waals surface area contributed by atoms with Crippen molar-refractivity contribution >= 4 is 5.97 Å². The number of likely N-dealkylation sites (N-methyl/N-ethyl adjacent to an activating group) is 1. The van der Waals surface area contributed by atoms with Gasteiger partial charge in [-0.2, -0.15) is 0 Å². The molecular formula is C16H24N2O2. The van der Waals surface area contributed by atoms with Crippen molar-refractivity contribution in [1.82, 2.24) is 9.80 Å². The van der Waals surface area contributed by atoms with E-state index in [2.05, 4.69) is 23.6 Å². The minimum absolute atomic E-state index is 0.276. The van der Waals surface area contributed by atoms with Gasteiger partial charge in [0.25, 0.3) is 0 Å². The maximum absolute atomic E-state index is 11.4. The molecule has 1 saturated heterocycles. The molecule has 2 rings (SSSR count). The summed E-state index contributed by atoms with van der Waals surface area (Å²) in [6.45, 7) is 9.93. The smallest absolute Gasteiger partial charge is 0.337 e. The molecule has 4 nitrogen and oxygen atoms in total. The second-order valence-corrected chi connectivity index (χ2v) is 5.40. The number of piperazine rings is 1. The first-order valence-corrected chi connectivity index (χ1v) is 7.27. The van der Waals surface area contributed by atoms with Crippen LogP contribution in [-0.4, -0.2) is 55.1 Å². The molecule has 110 valence electrons. The average Bonchev–Trinajstić information content (AvgIpc) is 2.47. The van der Waals surface area contributed by atoms with E-state index in [0.717, 1.165) is 32.7 Å². The van der Waals surface area contributed by atoms with Gasteiger partial charge in [-0.25, -0.2) is 4.79 Å². The Kier molecular flexibility index (Phi) is 5.15. The molecular weight excluding hydrogens is 252 g/mol. The van der Waals surface area contributed by atoms with Crippen LogP contribution < -0.4 is 0 Å². The number of ether oxygens (including phenoxy) is 1. The molecule has 20 heavy (non-hydrogen) atoms. The van der Waals surface area contributed by atoms with Gasteiger partial charge in [0, 0.05) is 32.2 Å². The predicted molar refractivity (Wildman–Crippen MR) is 79.8 cm³/mol. The molecule has 0 N–H and O–H groups in total. The molecule has 1 heterocycles. The van der Waals surface area contributed by atoms with E-state index in [1.54, 1.807) is 0 Å². The molecule has 1 atom stereocenters. The highest BCUT2D eigenvalue weighted by Gasteiger charge is 2.22. The molecule has 1 aliphatic rings. The van der Waals surface area contributed by atoms with Crippen LogP contribution in [0.2, 0.25) is 0 Å². The van der Waals surface area contributed by atoms with Gasteiger partial charge < -0.3 is 4.74 Å². The summed E-state index contributed by atoms with van der Waals surface area (Å²) >= 11 is 0. The van der Waals surface area contributed by atoms with E-state index in [-0.39, 0.29) is 5.97 Å². The molecule has 1 unspecified atom stereocenters. The van der Waals surface area contributed by atoms with Crippen molar-refractivity contribution in [1.29, 1.82) is 0 Å². The molecule has 0 amide bonds. The maximum atomic E-state index is 11.4. The van der Waals surface area contributed by atoms with Crippen LogP contribution in [0.3, 0.4) is 0 Å². The summed E-state index contributed by atoms with van der Waals surface area (Å²) < 4.78 is 4.71. The van der Waals surface area contributed by atoms with Gasteiger partial charge in [-0.1, -0.05) is 19.1 Å². The summed E-state index contributed by atoms with van der Waals surface area (Å²) in [5, 5.41) is 0. The summed E-state index contributed by atoms with van der Waals surface area (Å²) in [6.07, 6.45) is 0. The second-order valence-electron chi connectivity index (χ2n) is 5.40. The number of rotatable bonds is 4. The molecule has 1 fully saturated rings. The highest BCUT2D eigenvalue weighted by molar-refractivity contribution is 5.89. The van der Waals surface area contributed by atoms with Gasteiger partial charge in [-0.3, -0.25) is 9.80 Å². The first-order valence-electron chi connectivity index (χ1n) is 7.27. The maximum Gasteiger partial charge on any atom is 0.337 e. The zero-order valence-corrected chi connectivity index (χ0v) is 12.6. The lowest BCUT2D eigenvalue weighted by molar-refractivity contribution is 0.0600. The minimum Gasteiger partial charge on any atom is -0.465 e. The summed E-state index contributed by atoms with van der Waals surface area (Å²) in [5.41, 5.74) is 1.86. The number of hydrogen-bond acceptors (Lipinski definition) is 4. The Morgan fingerprint density at radius 1 is 1.30 bits per heavy atom. The summed E-state index contributed by atoms with van der Waals surface area (Å²) in [6, 6.07) is 8.33. The number of carbonyl (C=O) groups excluding carboxylic acids is 1. The lowest BCUT2D eigenvalue weighted by Gasteiger charge is -2.39. The highest BCUT2D eigenvalue weighted by atomic mass is 16.5. The Hall–Kier alpha value is -1.39. The monoisotopic (exact) mass is 276 g/mol. The third kappa shape index (κ3) is 3.58. The normalized spacial score (nSPS) is 20.9. The zero-order chi connectivity index (χ0) is 14.5. The lowest BCUT2D eigenvalue weighted by atomic mass is 10.1. The molecule has 1 aliphatic heterocycles. The van der Waals surface area contributed by atoms with E-state index in [0.29, 0.717) is 11.6 Å². The SMILES string of the molecule is CCN1CCN(Cc2ccc(C(=O)OC)cc2)CC1C. The molecule has 0 aliphatic carbocycles. The lowest BCUT2D eigenvalue weighted by Crippen LogP contribution is -2.51. The fourth-order valence-electron chi connectivity index (χ4n) is 2.81. The molecule has 0 bridgehead atoms. The Labute approximate surface area is 121 Å². The van der Waals surface area contributed by atoms with Gasteiger partial charge in [-0.05, 0) is 31.2 Å². The van der Waals surface area contributed by atoms with Crippen LogP contribution in [-0.2, 0) is 11.3 Å². The number of methoxy groups -OCH3 is 1. The highest BCUT2D eigenvalue weighted by Crippen LogP contribution is 2.13. The molecule has 0 radical (unpaired) electrons. The number of benzene rings is 1. The number of hydrogen-bond donors (Lipinski definition) is 0. The Bertz CT molecular complexity index is 444. The first-order chi connectivity index (χ1) is 9.63. The Morgan fingerprint density at radius 3 is 2.55 bits per heavy atom. The van der Waals surface area contributed by atoms with Gasteiger partial charge in [-0.15, -0.1) is 0 Å². The van der Waals surface area contributed by atoms with Crippen LogP contribution in [0.15, 0.2) is 24.3 Å².